The van der Waals surface area contributed by atoms with Crippen LogP contribution in [-0.4, -0.2) is 67.3 Å². The third-order valence-corrected chi connectivity index (χ3v) is 5.72. The summed E-state index contributed by atoms with van der Waals surface area (Å²) in [4.78, 5) is 20.0. The summed E-state index contributed by atoms with van der Waals surface area (Å²) in [7, 11) is -3.21. The van der Waals surface area contributed by atoms with Crippen LogP contribution in [0, 0.1) is 0 Å². The Morgan fingerprint density at radius 2 is 1.79 bits per heavy atom. The number of amides is 1. The molecule has 1 aromatic rings. The molecule has 130 valence electrons. The zero-order valence-corrected chi connectivity index (χ0v) is 14.6. The normalized spacial score (nSPS) is 25.2. The Morgan fingerprint density at radius 3 is 2.38 bits per heavy atom. The van der Waals surface area contributed by atoms with Crippen molar-refractivity contribution >= 4 is 21.6 Å². The Morgan fingerprint density at radius 1 is 1.17 bits per heavy atom. The number of oxime groups is 1. The minimum atomic E-state index is -3.21. The molecule has 0 radical (unpaired) electrons. The van der Waals surface area contributed by atoms with Crippen molar-refractivity contribution in [1.82, 2.24) is 9.21 Å². The topological polar surface area (TPSA) is 79.3 Å². The molecule has 1 atom stereocenters. The van der Waals surface area contributed by atoms with Crippen LogP contribution in [0.1, 0.15) is 18.9 Å². The zero-order valence-electron chi connectivity index (χ0n) is 13.8. The van der Waals surface area contributed by atoms with E-state index in [0.717, 1.165) is 11.3 Å². The molecule has 8 heteroatoms. The quantitative estimate of drug-likeness (QED) is 0.802. The standard InChI is InChI=1S/C16H21N3O4S/c1-16(12-14(17-23-16)13-6-4-3-5-7-13)15(20)18-8-10-19(11-9-18)24(2,21)22/h3-7H,8-12H2,1-2H3/t16-/m0/s1. The van der Waals surface area contributed by atoms with Gasteiger partial charge in [0.15, 0.2) is 0 Å². The van der Waals surface area contributed by atoms with Crippen LogP contribution in [0.4, 0.5) is 0 Å². The van der Waals surface area contributed by atoms with Gasteiger partial charge < -0.3 is 9.74 Å². The highest BCUT2D eigenvalue weighted by atomic mass is 32.2. The van der Waals surface area contributed by atoms with Crippen molar-refractivity contribution in [3.05, 3.63) is 35.9 Å². The molecule has 24 heavy (non-hydrogen) atoms. The van der Waals surface area contributed by atoms with Crippen LogP contribution >= 0.6 is 0 Å². The maximum Gasteiger partial charge on any atom is 0.269 e. The minimum Gasteiger partial charge on any atom is -0.379 e. The second-order valence-electron chi connectivity index (χ2n) is 6.36. The highest BCUT2D eigenvalue weighted by molar-refractivity contribution is 7.88. The van der Waals surface area contributed by atoms with E-state index in [1.165, 1.54) is 10.6 Å². The van der Waals surface area contributed by atoms with Crippen LogP contribution in [0.2, 0.25) is 0 Å². The molecular weight excluding hydrogens is 330 g/mol. The first-order chi connectivity index (χ1) is 11.3. The molecule has 1 saturated heterocycles. The molecule has 2 aliphatic rings. The van der Waals surface area contributed by atoms with Gasteiger partial charge in [0.05, 0.1) is 12.0 Å². The Labute approximate surface area is 141 Å². The maximum absolute atomic E-state index is 12.8. The van der Waals surface area contributed by atoms with Crippen molar-refractivity contribution in [2.75, 3.05) is 32.4 Å². The fourth-order valence-electron chi connectivity index (χ4n) is 3.00. The molecule has 2 heterocycles. The van der Waals surface area contributed by atoms with Gasteiger partial charge in [-0.3, -0.25) is 4.79 Å². The molecule has 0 unspecified atom stereocenters. The molecule has 1 aromatic carbocycles. The minimum absolute atomic E-state index is 0.148. The molecule has 3 rings (SSSR count). The summed E-state index contributed by atoms with van der Waals surface area (Å²) in [6, 6.07) is 9.62. The van der Waals surface area contributed by atoms with Gasteiger partial charge in [-0.1, -0.05) is 35.5 Å². The van der Waals surface area contributed by atoms with Crippen molar-refractivity contribution in [3.8, 4) is 0 Å². The Kier molecular flexibility index (Phi) is 4.35. The number of sulfonamides is 1. The Hall–Kier alpha value is -1.93. The van der Waals surface area contributed by atoms with Gasteiger partial charge in [-0.2, -0.15) is 4.31 Å². The fourth-order valence-corrected chi connectivity index (χ4v) is 3.82. The molecule has 0 spiro atoms. The van der Waals surface area contributed by atoms with E-state index in [2.05, 4.69) is 5.16 Å². The van der Waals surface area contributed by atoms with Crippen LogP contribution in [0.25, 0.3) is 0 Å². The third kappa shape index (κ3) is 3.29. The van der Waals surface area contributed by atoms with Gasteiger partial charge in [-0.25, -0.2) is 8.42 Å². The monoisotopic (exact) mass is 351 g/mol. The molecule has 0 bridgehead atoms. The highest BCUT2D eigenvalue weighted by Crippen LogP contribution is 2.29. The lowest BCUT2D eigenvalue weighted by Crippen LogP contribution is -2.55. The fraction of sp³-hybridized carbons (Fsp3) is 0.500. The van der Waals surface area contributed by atoms with E-state index in [1.807, 2.05) is 30.3 Å². The molecular formula is C16H21N3O4S. The lowest BCUT2D eigenvalue weighted by molar-refractivity contribution is -0.154. The summed E-state index contributed by atoms with van der Waals surface area (Å²) in [6.07, 6.45) is 1.59. The summed E-state index contributed by atoms with van der Waals surface area (Å²) in [5.74, 6) is -0.148. The van der Waals surface area contributed by atoms with Crippen molar-refractivity contribution < 1.29 is 18.0 Å². The smallest absolute Gasteiger partial charge is 0.269 e. The molecule has 1 fully saturated rings. The van der Waals surface area contributed by atoms with Crippen molar-refractivity contribution in [3.63, 3.8) is 0 Å². The van der Waals surface area contributed by atoms with E-state index in [1.54, 1.807) is 11.8 Å². The number of nitrogens with zero attached hydrogens (tertiary/aromatic N) is 3. The molecule has 0 aromatic heterocycles. The number of carbonyl (C=O) groups is 1. The number of hydrogen-bond donors (Lipinski definition) is 0. The lowest BCUT2D eigenvalue weighted by Gasteiger charge is -2.36. The van der Waals surface area contributed by atoms with E-state index in [4.69, 9.17) is 4.84 Å². The van der Waals surface area contributed by atoms with Crippen molar-refractivity contribution in [2.24, 2.45) is 5.16 Å². The van der Waals surface area contributed by atoms with Crippen LogP contribution in [0.3, 0.4) is 0 Å². The molecule has 2 aliphatic heterocycles. The van der Waals surface area contributed by atoms with E-state index < -0.39 is 15.6 Å². The summed E-state index contributed by atoms with van der Waals surface area (Å²) in [5, 5.41) is 4.09. The number of piperazine rings is 1. The van der Waals surface area contributed by atoms with Crippen molar-refractivity contribution in [1.29, 1.82) is 0 Å². The van der Waals surface area contributed by atoms with Gasteiger partial charge in [0.25, 0.3) is 5.91 Å². The van der Waals surface area contributed by atoms with Crippen LogP contribution < -0.4 is 0 Å². The average Bonchev–Trinajstić information content (AvgIpc) is 2.98. The van der Waals surface area contributed by atoms with Gasteiger partial charge in [0, 0.05) is 32.6 Å². The van der Waals surface area contributed by atoms with E-state index in [-0.39, 0.29) is 5.91 Å². The second kappa shape index (κ2) is 6.18. The second-order valence-corrected chi connectivity index (χ2v) is 8.34. The summed E-state index contributed by atoms with van der Waals surface area (Å²) in [6.45, 7) is 3.09. The SMILES string of the molecule is C[C@@]1(C(=O)N2CCN(S(C)(=O)=O)CC2)CC(c2ccccc2)=NO1. The predicted molar refractivity (Wildman–Crippen MR) is 90.1 cm³/mol. The van der Waals surface area contributed by atoms with E-state index in [9.17, 15) is 13.2 Å². The van der Waals surface area contributed by atoms with Gasteiger partial charge in [-0.05, 0) is 12.5 Å². The number of hydrogen-bond acceptors (Lipinski definition) is 5. The Bertz CT molecular complexity index is 755. The largest absolute Gasteiger partial charge is 0.379 e. The first kappa shape index (κ1) is 16.9. The number of carbonyl (C=O) groups excluding carboxylic acids is 1. The first-order valence-electron chi connectivity index (χ1n) is 7.84. The van der Waals surface area contributed by atoms with Crippen LogP contribution in [0.15, 0.2) is 35.5 Å². The van der Waals surface area contributed by atoms with Gasteiger partial charge in [-0.15, -0.1) is 0 Å². The Balaban J connectivity index is 1.64. The molecule has 0 saturated carbocycles. The van der Waals surface area contributed by atoms with Gasteiger partial charge in [0.2, 0.25) is 15.6 Å². The van der Waals surface area contributed by atoms with Crippen molar-refractivity contribution in [2.45, 2.75) is 18.9 Å². The third-order valence-electron chi connectivity index (χ3n) is 4.42. The maximum atomic E-state index is 12.8. The highest BCUT2D eigenvalue weighted by Gasteiger charge is 2.45. The predicted octanol–water partition coefficient (Wildman–Crippen LogP) is 0.674. The average molecular weight is 351 g/mol. The molecule has 7 nitrogen and oxygen atoms in total. The van der Waals surface area contributed by atoms with E-state index >= 15 is 0 Å². The van der Waals surface area contributed by atoms with Gasteiger partial charge >= 0.3 is 0 Å². The lowest BCUT2D eigenvalue weighted by atomic mass is 9.94. The molecule has 0 N–H and O–H groups in total. The summed E-state index contributed by atoms with van der Waals surface area (Å²) >= 11 is 0. The molecule has 1 amide bonds. The number of benzene rings is 1. The first-order valence-corrected chi connectivity index (χ1v) is 9.69. The zero-order chi connectivity index (χ0) is 17.4. The van der Waals surface area contributed by atoms with Crippen LogP contribution in [0.5, 0.6) is 0 Å². The van der Waals surface area contributed by atoms with Gasteiger partial charge in [0.1, 0.15) is 0 Å². The van der Waals surface area contributed by atoms with Crippen LogP contribution in [-0.2, 0) is 19.7 Å². The number of rotatable bonds is 3. The molecule has 0 aliphatic carbocycles. The van der Waals surface area contributed by atoms with E-state index in [0.29, 0.717) is 32.6 Å². The summed E-state index contributed by atoms with van der Waals surface area (Å²) in [5.41, 5.74) is 0.662. The summed E-state index contributed by atoms with van der Waals surface area (Å²) < 4.78 is 24.5.